The Labute approximate surface area is 118 Å². The number of nitrogens with one attached hydrogen (secondary N) is 1. The van der Waals surface area contributed by atoms with Gasteiger partial charge in [0.15, 0.2) is 0 Å². The lowest BCUT2D eigenvalue weighted by Crippen LogP contribution is -2.13. The molecular weight excluding hydrogens is 335 g/mol. The summed E-state index contributed by atoms with van der Waals surface area (Å²) in [6, 6.07) is 9.71. The molecule has 0 aromatic heterocycles. The molecule has 2 aromatic rings. The fraction of sp³-hybridized carbons (Fsp3) is 0. The molecule has 0 bridgehead atoms. The van der Waals surface area contributed by atoms with Gasteiger partial charge in [0.05, 0.1) is 10.6 Å². The fourth-order valence-corrected chi connectivity index (χ4v) is 2.82. The number of hydrogen-bond acceptors (Lipinski definition) is 3. The van der Waals surface area contributed by atoms with Crippen LogP contribution in [0.25, 0.3) is 0 Å². The fourth-order valence-electron chi connectivity index (χ4n) is 1.42. The smallest absolute Gasteiger partial charge is 0.261 e. The van der Waals surface area contributed by atoms with Crippen LogP contribution in [0.1, 0.15) is 0 Å². The quantitative estimate of drug-likeness (QED) is 0.840. The van der Waals surface area contributed by atoms with Crippen molar-refractivity contribution in [3.63, 3.8) is 0 Å². The maximum atomic E-state index is 13.6. The van der Waals surface area contributed by atoms with Crippen molar-refractivity contribution in [3.05, 3.63) is 52.8 Å². The van der Waals surface area contributed by atoms with Crippen molar-refractivity contribution in [2.75, 3.05) is 10.5 Å². The summed E-state index contributed by atoms with van der Waals surface area (Å²) in [6.07, 6.45) is 0. The van der Waals surface area contributed by atoms with E-state index >= 15 is 0 Å². The molecule has 0 fully saturated rings. The van der Waals surface area contributed by atoms with Gasteiger partial charge in [-0.25, -0.2) is 12.8 Å². The number of nitrogen functional groups attached to an aromatic ring is 1. The molecule has 0 spiro atoms. The Morgan fingerprint density at radius 3 is 2.32 bits per heavy atom. The molecule has 0 aliphatic rings. The first-order valence-electron chi connectivity index (χ1n) is 5.22. The Morgan fingerprint density at radius 2 is 1.74 bits per heavy atom. The summed E-state index contributed by atoms with van der Waals surface area (Å²) in [4.78, 5) is 0.0176. The third-order valence-corrected chi connectivity index (χ3v) is 4.24. The summed E-state index contributed by atoms with van der Waals surface area (Å²) in [5.41, 5.74) is 5.82. The molecule has 2 aromatic carbocycles. The summed E-state index contributed by atoms with van der Waals surface area (Å²) in [5.74, 6) is -0.659. The Hall–Kier alpha value is -1.60. The predicted molar refractivity (Wildman–Crippen MR) is 75.8 cm³/mol. The van der Waals surface area contributed by atoms with E-state index in [0.717, 1.165) is 0 Å². The number of hydrogen-bond donors (Lipinski definition) is 2. The Morgan fingerprint density at radius 1 is 1.11 bits per heavy atom. The maximum absolute atomic E-state index is 13.6. The molecule has 0 atom stereocenters. The van der Waals surface area contributed by atoms with Crippen LogP contribution in [-0.4, -0.2) is 8.42 Å². The van der Waals surface area contributed by atoms with Gasteiger partial charge in [0.25, 0.3) is 10.0 Å². The van der Waals surface area contributed by atoms with Crippen LogP contribution < -0.4 is 10.5 Å². The van der Waals surface area contributed by atoms with Crippen LogP contribution in [0.4, 0.5) is 15.8 Å². The molecule has 0 amide bonds. The van der Waals surface area contributed by atoms with Crippen LogP contribution in [0.5, 0.6) is 0 Å². The van der Waals surface area contributed by atoms with Gasteiger partial charge < -0.3 is 5.73 Å². The van der Waals surface area contributed by atoms with Crippen LogP contribution in [0, 0.1) is 5.82 Å². The first-order valence-corrected chi connectivity index (χ1v) is 7.49. The third-order valence-electron chi connectivity index (χ3n) is 2.37. The number of anilines is 2. The van der Waals surface area contributed by atoms with Gasteiger partial charge in [-0.1, -0.05) is 15.9 Å². The van der Waals surface area contributed by atoms with Gasteiger partial charge in [-0.3, -0.25) is 4.72 Å². The molecule has 19 heavy (non-hydrogen) atoms. The summed E-state index contributed by atoms with van der Waals surface area (Å²) >= 11 is 3.10. The third kappa shape index (κ3) is 3.24. The summed E-state index contributed by atoms with van der Waals surface area (Å²) in [7, 11) is -3.83. The molecular formula is C12H10BrFN2O2S. The van der Waals surface area contributed by atoms with Gasteiger partial charge in [-0.15, -0.1) is 0 Å². The van der Waals surface area contributed by atoms with Gasteiger partial charge in [-0.2, -0.15) is 0 Å². The summed E-state index contributed by atoms with van der Waals surface area (Å²) in [5, 5.41) is 0. The highest BCUT2D eigenvalue weighted by atomic mass is 79.9. The lowest BCUT2D eigenvalue weighted by atomic mass is 10.3. The van der Waals surface area contributed by atoms with Crippen LogP contribution in [0.2, 0.25) is 0 Å². The highest BCUT2D eigenvalue weighted by molar-refractivity contribution is 9.10. The zero-order valence-electron chi connectivity index (χ0n) is 9.60. The largest absolute Gasteiger partial charge is 0.399 e. The van der Waals surface area contributed by atoms with E-state index in [2.05, 4.69) is 20.7 Å². The van der Waals surface area contributed by atoms with E-state index in [1.807, 2.05) is 0 Å². The molecule has 0 unspecified atom stereocenters. The SMILES string of the molecule is Nc1ccc(S(=O)(=O)Nc2ccc(Br)cc2F)cc1. The van der Waals surface area contributed by atoms with E-state index in [9.17, 15) is 12.8 Å². The number of rotatable bonds is 3. The van der Waals surface area contributed by atoms with E-state index < -0.39 is 15.8 Å². The Balaban J connectivity index is 2.33. The second-order valence-corrected chi connectivity index (χ2v) is 6.40. The molecule has 0 saturated heterocycles. The number of halogens is 2. The molecule has 0 aliphatic heterocycles. The number of benzene rings is 2. The van der Waals surface area contributed by atoms with Crippen molar-refractivity contribution < 1.29 is 12.8 Å². The van der Waals surface area contributed by atoms with Gasteiger partial charge in [0, 0.05) is 10.2 Å². The van der Waals surface area contributed by atoms with Crippen LogP contribution in [0.3, 0.4) is 0 Å². The molecule has 4 nitrogen and oxygen atoms in total. The maximum Gasteiger partial charge on any atom is 0.261 e. The molecule has 2 rings (SSSR count). The Bertz CT molecular complexity index is 702. The van der Waals surface area contributed by atoms with Crippen LogP contribution in [-0.2, 0) is 10.0 Å². The molecule has 3 N–H and O–H groups in total. The van der Waals surface area contributed by atoms with Crippen molar-refractivity contribution in [2.45, 2.75) is 4.90 Å². The van der Waals surface area contributed by atoms with Crippen molar-refractivity contribution in [3.8, 4) is 0 Å². The zero-order chi connectivity index (χ0) is 14.0. The number of nitrogens with two attached hydrogens (primary N) is 1. The summed E-state index contributed by atoms with van der Waals surface area (Å²) < 4.78 is 40.3. The summed E-state index contributed by atoms with van der Waals surface area (Å²) in [6.45, 7) is 0. The molecule has 100 valence electrons. The monoisotopic (exact) mass is 344 g/mol. The molecule has 7 heteroatoms. The minimum atomic E-state index is -3.83. The average Bonchev–Trinajstić information content (AvgIpc) is 2.33. The first-order chi connectivity index (χ1) is 8.88. The van der Waals surface area contributed by atoms with Crippen molar-refractivity contribution in [1.29, 1.82) is 0 Å². The van der Waals surface area contributed by atoms with E-state index in [1.165, 1.54) is 36.4 Å². The van der Waals surface area contributed by atoms with E-state index in [1.54, 1.807) is 6.07 Å². The van der Waals surface area contributed by atoms with E-state index in [0.29, 0.717) is 10.2 Å². The van der Waals surface area contributed by atoms with E-state index in [4.69, 9.17) is 5.73 Å². The van der Waals surface area contributed by atoms with Gasteiger partial charge >= 0.3 is 0 Å². The lowest BCUT2D eigenvalue weighted by molar-refractivity contribution is 0.598. The van der Waals surface area contributed by atoms with Crippen molar-refractivity contribution in [2.24, 2.45) is 0 Å². The van der Waals surface area contributed by atoms with Crippen LogP contribution in [0.15, 0.2) is 51.8 Å². The van der Waals surface area contributed by atoms with Gasteiger partial charge in [0.2, 0.25) is 0 Å². The van der Waals surface area contributed by atoms with E-state index in [-0.39, 0.29) is 10.6 Å². The normalized spacial score (nSPS) is 11.3. The van der Waals surface area contributed by atoms with Gasteiger partial charge in [-0.05, 0) is 42.5 Å². The topological polar surface area (TPSA) is 72.2 Å². The van der Waals surface area contributed by atoms with Gasteiger partial charge in [0.1, 0.15) is 5.82 Å². The minimum absolute atomic E-state index is 0.0176. The van der Waals surface area contributed by atoms with Crippen molar-refractivity contribution >= 4 is 37.3 Å². The second kappa shape index (κ2) is 5.18. The standard InChI is InChI=1S/C12H10BrFN2O2S/c13-8-1-6-12(11(14)7-8)16-19(17,18)10-4-2-9(15)3-5-10/h1-7,16H,15H2. The highest BCUT2D eigenvalue weighted by Gasteiger charge is 2.16. The average molecular weight is 345 g/mol. The van der Waals surface area contributed by atoms with Crippen molar-refractivity contribution in [1.82, 2.24) is 0 Å². The first kappa shape index (κ1) is 13.8. The molecule has 0 radical (unpaired) electrons. The molecule has 0 heterocycles. The molecule has 0 saturated carbocycles. The minimum Gasteiger partial charge on any atom is -0.399 e. The predicted octanol–water partition coefficient (Wildman–Crippen LogP) is 2.97. The highest BCUT2D eigenvalue weighted by Crippen LogP contribution is 2.22. The number of sulfonamides is 1. The second-order valence-electron chi connectivity index (χ2n) is 3.80. The molecule has 0 aliphatic carbocycles. The zero-order valence-corrected chi connectivity index (χ0v) is 12.0. The van der Waals surface area contributed by atoms with Crippen LogP contribution >= 0.6 is 15.9 Å². The lowest BCUT2D eigenvalue weighted by Gasteiger charge is -2.09. The Kier molecular flexibility index (Phi) is 3.77.